The summed E-state index contributed by atoms with van der Waals surface area (Å²) in [5.74, 6) is 1.51. The molecule has 7 heteroatoms. The summed E-state index contributed by atoms with van der Waals surface area (Å²) in [6.07, 6.45) is 0. The molecule has 9 aromatic carbocycles. The summed E-state index contributed by atoms with van der Waals surface area (Å²) in [5, 5.41) is 17.7. The second kappa shape index (κ2) is 14.5. The van der Waals surface area contributed by atoms with Crippen LogP contribution in [0.25, 0.3) is 117 Å². The van der Waals surface area contributed by atoms with Crippen molar-refractivity contribution in [2.75, 3.05) is 0 Å². The van der Waals surface area contributed by atoms with Crippen molar-refractivity contribution in [2.45, 2.75) is 0 Å². The molecule has 13 rings (SSSR count). The van der Waals surface area contributed by atoms with E-state index < -0.39 is 0 Å². The van der Waals surface area contributed by atoms with Gasteiger partial charge in [-0.05, 0) is 78.9 Å². The third-order valence-electron chi connectivity index (χ3n) is 12.7. The van der Waals surface area contributed by atoms with Gasteiger partial charge in [0.05, 0.1) is 44.7 Å². The molecule has 4 aromatic heterocycles. The molecule has 0 aliphatic carbocycles. The predicted octanol–water partition coefficient (Wildman–Crippen LogP) is 14.0. The molecule has 0 spiro atoms. The van der Waals surface area contributed by atoms with Crippen LogP contribution in [0.5, 0.6) is 0 Å². The topological polar surface area (TPSA) is 77.2 Å². The van der Waals surface area contributed by atoms with E-state index in [0.717, 1.165) is 72.1 Å². The molecule has 4 heterocycles. The fourth-order valence-electron chi connectivity index (χ4n) is 9.84. The van der Waals surface area contributed by atoms with Crippen LogP contribution in [0.1, 0.15) is 5.56 Å². The average Bonchev–Trinajstić information content (AvgIpc) is 4.02. The molecule has 302 valence electrons. The van der Waals surface area contributed by atoms with Gasteiger partial charge in [-0.1, -0.05) is 133 Å². The molecule has 0 fully saturated rings. The lowest BCUT2D eigenvalue weighted by Crippen LogP contribution is -2.02. The summed E-state index contributed by atoms with van der Waals surface area (Å²) in [4.78, 5) is 15.0. The molecule has 0 aliphatic heterocycles. The Morgan fingerprint density at radius 3 is 1.06 bits per heavy atom. The molecule has 0 amide bonds. The van der Waals surface area contributed by atoms with E-state index in [9.17, 15) is 5.26 Å². The van der Waals surface area contributed by atoms with Crippen molar-refractivity contribution in [3.63, 3.8) is 0 Å². The van der Waals surface area contributed by atoms with Gasteiger partial charge in [-0.15, -0.1) is 0 Å². The van der Waals surface area contributed by atoms with E-state index in [2.05, 4.69) is 159 Å². The van der Waals surface area contributed by atoms with Crippen molar-refractivity contribution in [3.8, 4) is 57.3 Å². The first-order valence-corrected chi connectivity index (χ1v) is 21.7. The number of nitriles is 1. The van der Waals surface area contributed by atoms with Crippen LogP contribution in [-0.2, 0) is 0 Å². The van der Waals surface area contributed by atoms with Crippen LogP contribution in [0.4, 0.5) is 0 Å². The lowest BCUT2D eigenvalue weighted by molar-refractivity contribution is 1.07. The zero-order valence-electron chi connectivity index (χ0n) is 34.8. The Morgan fingerprint density at radius 2 is 0.646 bits per heavy atom. The van der Waals surface area contributed by atoms with Crippen LogP contribution < -0.4 is 0 Å². The zero-order chi connectivity index (χ0) is 43.0. The van der Waals surface area contributed by atoms with E-state index in [1.54, 1.807) is 0 Å². The van der Waals surface area contributed by atoms with Gasteiger partial charge in [-0.3, -0.25) is 0 Å². The van der Waals surface area contributed by atoms with Gasteiger partial charge in [0.2, 0.25) is 0 Å². The summed E-state index contributed by atoms with van der Waals surface area (Å²) in [6, 6.07) is 76.3. The van der Waals surface area contributed by atoms with Crippen LogP contribution in [0.3, 0.4) is 0 Å². The highest BCUT2D eigenvalue weighted by Gasteiger charge is 2.21. The highest BCUT2D eigenvalue weighted by molar-refractivity contribution is 6.14. The molecule has 13 aromatic rings. The van der Waals surface area contributed by atoms with E-state index >= 15 is 0 Å². The van der Waals surface area contributed by atoms with Gasteiger partial charge in [-0.25, -0.2) is 15.0 Å². The summed E-state index contributed by atoms with van der Waals surface area (Å²) >= 11 is 0. The number of aromatic nitrogens is 6. The quantitative estimate of drug-likeness (QED) is 0.167. The second-order valence-corrected chi connectivity index (χ2v) is 16.4. The highest BCUT2D eigenvalue weighted by Crippen LogP contribution is 2.40. The second-order valence-electron chi connectivity index (χ2n) is 16.4. The Hall–Kier alpha value is -9.12. The maximum Gasteiger partial charge on any atom is 0.165 e. The Morgan fingerprint density at radius 1 is 0.308 bits per heavy atom. The average molecular weight is 830 g/mol. The third-order valence-corrected chi connectivity index (χ3v) is 12.7. The fraction of sp³-hybridized carbons (Fsp3) is 0. The maximum atomic E-state index is 10.6. The van der Waals surface area contributed by atoms with Gasteiger partial charge < -0.3 is 13.7 Å². The normalized spacial score (nSPS) is 11.7. The molecule has 0 saturated heterocycles. The monoisotopic (exact) mass is 829 g/mol. The lowest BCUT2D eigenvalue weighted by atomic mass is 10.1. The Kier molecular flexibility index (Phi) is 8.14. The van der Waals surface area contributed by atoms with Crippen molar-refractivity contribution in [1.29, 1.82) is 5.26 Å². The molecule has 0 bridgehead atoms. The molecular weight excluding hydrogens is 795 g/mol. The van der Waals surface area contributed by atoms with Crippen LogP contribution in [0, 0.1) is 11.3 Å². The van der Waals surface area contributed by atoms with Crippen LogP contribution in [0.2, 0.25) is 0 Å². The van der Waals surface area contributed by atoms with Gasteiger partial charge in [0.25, 0.3) is 0 Å². The summed E-state index contributed by atoms with van der Waals surface area (Å²) in [5.41, 5.74) is 12.5. The molecule has 0 atom stereocenters. The number of hydrogen-bond acceptors (Lipinski definition) is 4. The van der Waals surface area contributed by atoms with Crippen molar-refractivity contribution in [2.24, 2.45) is 0 Å². The molecule has 7 nitrogen and oxygen atoms in total. The standard InChI is InChI=1S/C58H35N7/c59-36-39-27-28-40(33-47(39)58-61-56(37-15-3-1-4-16-37)60-57(62-58)38-17-5-2-6-18-38)65-54-31-29-41(63-50-23-11-7-19-43(50)44-20-8-12-24-51(44)63)34-48(54)49-35-42(30-32-55(49)65)64-52-25-13-9-21-45(52)46-22-10-14-26-53(46)64/h1-35H. The lowest BCUT2D eigenvalue weighted by Gasteiger charge is -2.13. The molecular formula is C58H35N7. The predicted molar refractivity (Wildman–Crippen MR) is 264 cm³/mol. The molecule has 0 N–H and O–H groups in total. The number of nitrogens with zero attached hydrogens (tertiary/aromatic N) is 7. The van der Waals surface area contributed by atoms with Crippen LogP contribution in [-0.4, -0.2) is 28.7 Å². The van der Waals surface area contributed by atoms with Gasteiger partial charge in [0, 0.05) is 66.1 Å². The fourth-order valence-corrected chi connectivity index (χ4v) is 9.84. The van der Waals surface area contributed by atoms with Crippen LogP contribution in [0.15, 0.2) is 212 Å². The van der Waals surface area contributed by atoms with Crippen molar-refractivity contribution < 1.29 is 0 Å². The van der Waals surface area contributed by atoms with E-state index in [-0.39, 0.29) is 0 Å². The van der Waals surface area contributed by atoms with E-state index in [4.69, 9.17) is 15.0 Å². The molecule has 0 unspecified atom stereocenters. The van der Waals surface area contributed by atoms with Gasteiger partial charge in [-0.2, -0.15) is 5.26 Å². The first-order chi connectivity index (χ1) is 32.2. The number of para-hydroxylation sites is 4. The minimum absolute atomic E-state index is 0.430. The maximum absolute atomic E-state index is 10.6. The van der Waals surface area contributed by atoms with Gasteiger partial charge >= 0.3 is 0 Å². The summed E-state index contributed by atoms with van der Waals surface area (Å²) < 4.78 is 7.05. The van der Waals surface area contributed by atoms with Gasteiger partial charge in [0.1, 0.15) is 0 Å². The van der Waals surface area contributed by atoms with Crippen molar-refractivity contribution >= 4 is 65.4 Å². The largest absolute Gasteiger partial charge is 0.309 e. The Bertz CT molecular complexity index is 3740. The van der Waals surface area contributed by atoms with E-state index in [1.807, 2.05) is 72.8 Å². The smallest absolute Gasteiger partial charge is 0.165 e. The highest BCUT2D eigenvalue weighted by atomic mass is 15.0. The van der Waals surface area contributed by atoms with E-state index in [0.29, 0.717) is 28.6 Å². The summed E-state index contributed by atoms with van der Waals surface area (Å²) in [7, 11) is 0. The zero-order valence-corrected chi connectivity index (χ0v) is 34.8. The number of rotatable bonds is 6. The molecule has 0 radical (unpaired) electrons. The van der Waals surface area contributed by atoms with E-state index in [1.165, 1.54) is 21.5 Å². The SMILES string of the molecule is N#Cc1ccc(-n2c3ccc(-n4c5ccccc5c5ccccc54)cc3c3cc(-n4c5ccccc5c5ccccc54)ccc32)cc1-c1nc(-c2ccccc2)nc(-c2ccccc2)n1. The Balaban J connectivity index is 1.08. The van der Waals surface area contributed by atoms with Crippen molar-refractivity contribution in [1.82, 2.24) is 28.7 Å². The Labute approximate surface area is 373 Å². The number of fused-ring (bicyclic) bond motifs is 9. The molecule has 0 saturated carbocycles. The number of benzene rings is 9. The first-order valence-electron chi connectivity index (χ1n) is 21.7. The minimum Gasteiger partial charge on any atom is -0.309 e. The minimum atomic E-state index is 0.430. The molecule has 65 heavy (non-hydrogen) atoms. The van der Waals surface area contributed by atoms with Crippen molar-refractivity contribution in [3.05, 3.63) is 218 Å². The van der Waals surface area contributed by atoms with Gasteiger partial charge in [0.15, 0.2) is 17.5 Å². The first kappa shape index (κ1) is 36.5. The third kappa shape index (κ3) is 5.71. The molecule has 0 aliphatic rings. The summed E-state index contributed by atoms with van der Waals surface area (Å²) in [6.45, 7) is 0. The number of hydrogen-bond donors (Lipinski definition) is 0. The van der Waals surface area contributed by atoms with Crippen LogP contribution >= 0.6 is 0 Å².